The number of rotatable bonds is 3. The molecule has 0 saturated heterocycles. The molecular formula is C10H11ClN4O. The number of nitrogens with zero attached hydrogens (tertiary/aromatic N) is 4. The molecule has 0 aliphatic carbocycles. The third-order valence-electron chi connectivity index (χ3n) is 2.10. The Morgan fingerprint density at radius 1 is 1.44 bits per heavy atom. The normalized spacial score (nSPS) is 10.4. The van der Waals surface area contributed by atoms with Crippen LogP contribution >= 0.6 is 11.6 Å². The molecule has 0 aliphatic heterocycles. The van der Waals surface area contributed by atoms with E-state index >= 15 is 0 Å². The topological polar surface area (TPSA) is 52.8 Å². The van der Waals surface area contributed by atoms with E-state index in [1.807, 2.05) is 14.0 Å². The second kappa shape index (κ2) is 4.49. The molecule has 6 heteroatoms. The number of hydrogen-bond acceptors (Lipinski definition) is 4. The van der Waals surface area contributed by atoms with Crippen molar-refractivity contribution in [3.63, 3.8) is 0 Å². The van der Waals surface area contributed by atoms with Gasteiger partial charge in [0.25, 0.3) is 0 Å². The van der Waals surface area contributed by atoms with Crippen molar-refractivity contribution in [2.24, 2.45) is 7.05 Å². The monoisotopic (exact) mass is 238 g/mol. The molecule has 0 spiro atoms. The molecule has 84 valence electrons. The summed E-state index contributed by atoms with van der Waals surface area (Å²) in [6, 6.07) is 0. The van der Waals surface area contributed by atoms with Gasteiger partial charge in [0.1, 0.15) is 11.5 Å². The van der Waals surface area contributed by atoms with Crippen LogP contribution in [0.1, 0.15) is 12.5 Å². The third kappa shape index (κ3) is 2.14. The Morgan fingerprint density at radius 3 is 2.88 bits per heavy atom. The number of aryl methyl sites for hydroxylation is 1. The lowest BCUT2D eigenvalue weighted by Gasteiger charge is -2.07. The lowest BCUT2D eigenvalue weighted by atomic mass is 10.2. The summed E-state index contributed by atoms with van der Waals surface area (Å²) in [6.07, 6.45) is 5.48. The molecule has 2 aromatic heterocycles. The van der Waals surface area contributed by atoms with Gasteiger partial charge in [0, 0.05) is 7.05 Å². The highest BCUT2D eigenvalue weighted by atomic mass is 35.5. The Balaban J connectivity index is 2.30. The number of halogens is 1. The quantitative estimate of drug-likeness (QED) is 0.770. The summed E-state index contributed by atoms with van der Waals surface area (Å²) in [5, 5.41) is 4.43. The molecule has 0 bridgehead atoms. The maximum absolute atomic E-state index is 5.95. The van der Waals surface area contributed by atoms with Crippen LogP contribution in [0.4, 0.5) is 0 Å². The van der Waals surface area contributed by atoms with E-state index in [0.29, 0.717) is 16.8 Å². The van der Waals surface area contributed by atoms with Gasteiger partial charge in [-0.05, 0) is 6.42 Å². The summed E-state index contributed by atoms with van der Waals surface area (Å²) < 4.78 is 7.24. The highest BCUT2D eigenvalue weighted by molar-refractivity contribution is 6.30. The van der Waals surface area contributed by atoms with Crippen LogP contribution in [0.25, 0.3) is 0 Å². The van der Waals surface area contributed by atoms with Gasteiger partial charge in [-0.1, -0.05) is 18.5 Å². The van der Waals surface area contributed by atoms with E-state index in [-0.39, 0.29) is 0 Å². The molecule has 0 fully saturated rings. The van der Waals surface area contributed by atoms with Crippen molar-refractivity contribution >= 4 is 11.6 Å². The highest BCUT2D eigenvalue weighted by Gasteiger charge is 2.10. The van der Waals surface area contributed by atoms with Gasteiger partial charge in [-0.15, -0.1) is 0 Å². The summed E-state index contributed by atoms with van der Waals surface area (Å²) in [5.74, 6) is 1.11. The van der Waals surface area contributed by atoms with Crippen LogP contribution in [-0.4, -0.2) is 19.7 Å². The van der Waals surface area contributed by atoms with Crippen LogP contribution in [-0.2, 0) is 13.5 Å². The van der Waals surface area contributed by atoms with Crippen LogP contribution in [0.2, 0.25) is 5.15 Å². The second-order valence-electron chi connectivity index (χ2n) is 3.25. The summed E-state index contributed by atoms with van der Waals surface area (Å²) >= 11 is 5.95. The zero-order valence-corrected chi connectivity index (χ0v) is 9.77. The molecule has 2 rings (SSSR count). The maximum atomic E-state index is 5.95. The first-order valence-electron chi connectivity index (χ1n) is 4.86. The average Bonchev–Trinajstić information content (AvgIpc) is 2.64. The van der Waals surface area contributed by atoms with E-state index in [4.69, 9.17) is 16.3 Å². The van der Waals surface area contributed by atoms with Crippen molar-refractivity contribution < 1.29 is 4.74 Å². The Bertz CT molecular complexity index is 497. The molecule has 0 aliphatic rings. The fourth-order valence-electron chi connectivity index (χ4n) is 1.32. The largest absolute Gasteiger partial charge is 0.435 e. The molecule has 0 aromatic carbocycles. The number of hydrogen-bond donors (Lipinski definition) is 0. The van der Waals surface area contributed by atoms with Gasteiger partial charge in [0.2, 0.25) is 5.88 Å². The third-order valence-corrected chi connectivity index (χ3v) is 2.43. The molecule has 0 N–H and O–H groups in total. The van der Waals surface area contributed by atoms with Gasteiger partial charge in [-0.25, -0.2) is 9.97 Å². The Morgan fingerprint density at radius 2 is 2.25 bits per heavy atom. The van der Waals surface area contributed by atoms with Crippen LogP contribution in [0, 0.1) is 0 Å². The SMILES string of the molecule is CCc1c(Cl)ncnc1Oc1cnn(C)c1. The predicted octanol–water partition coefficient (Wildman–Crippen LogP) is 2.22. The molecule has 0 saturated carbocycles. The second-order valence-corrected chi connectivity index (χ2v) is 3.61. The van der Waals surface area contributed by atoms with Gasteiger partial charge in [0.05, 0.1) is 18.0 Å². The summed E-state index contributed by atoms with van der Waals surface area (Å²) in [7, 11) is 1.82. The molecule has 0 unspecified atom stereocenters. The van der Waals surface area contributed by atoms with E-state index in [0.717, 1.165) is 12.0 Å². The Kier molecular flexibility index (Phi) is 3.05. The zero-order chi connectivity index (χ0) is 11.5. The van der Waals surface area contributed by atoms with E-state index in [2.05, 4.69) is 15.1 Å². The fourth-order valence-corrected chi connectivity index (χ4v) is 1.58. The molecular weight excluding hydrogens is 228 g/mol. The number of ether oxygens (including phenoxy) is 1. The number of aromatic nitrogens is 4. The first-order chi connectivity index (χ1) is 7.70. The lowest BCUT2D eigenvalue weighted by Crippen LogP contribution is -1.96. The summed E-state index contributed by atoms with van der Waals surface area (Å²) in [6.45, 7) is 1.97. The van der Waals surface area contributed by atoms with Crippen LogP contribution in [0.5, 0.6) is 11.6 Å². The fraction of sp³-hybridized carbons (Fsp3) is 0.300. The molecule has 0 amide bonds. The van der Waals surface area contributed by atoms with Crippen molar-refractivity contribution in [1.29, 1.82) is 0 Å². The van der Waals surface area contributed by atoms with Crippen molar-refractivity contribution in [3.8, 4) is 11.6 Å². The predicted molar refractivity (Wildman–Crippen MR) is 59.7 cm³/mol. The van der Waals surface area contributed by atoms with Crippen LogP contribution in [0.15, 0.2) is 18.7 Å². The highest BCUT2D eigenvalue weighted by Crippen LogP contribution is 2.26. The summed E-state index contributed by atoms with van der Waals surface area (Å²) in [4.78, 5) is 7.97. The zero-order valence-electron chi connectivity index (χ0n) is 9.01. The van der Waals surface area contributed by atoms with Crippen molar-refractivity contribution in [3.05, 3.63) is 29.4 Å². The van der Waals surface area contributed by atoms with Gasteiger partial charge in [-0.3, -0.25) is 4.68 Å². The van der Waals surface area contributed by atoms with E-state index < -0.39 is 0 Å². The molecule has 0 radical (unpaired) electrons. The van der Waals surface area contributed by atoms with E-state index in [9.17, 15) is 0 Å². The smallest absolute Gasteiger partial charge is 0.227 e. The standard InChI is InChI=1S/C10H11ClN4O/c1-3-8-9(11)12-6-13-10(8)16-7-4-14-15(2)5-7/h4-6H,3H2,1-2H3. The molecule has 2 aromatic rings. The minimum Gasteiger partial charge on any atom is -0.435 e. The molecule has 2 heterocycles. The average molecular weight is 239 g/mol. The Labute approximate surface area is 98.0 Å². The van der Waals surface area contributed by atoms with Gasteiger partial charge in [0.15, 0.2) is 5.75 Å². The Hall–Kier alpha value is -1.62. The van der Waals surface area contributed by atoms with Crippen molar-refractivity contribution in [2.75, 3.05) is 0 Å². The lowest BCUT2D eigenvalue weighted by molar-refractivity contribution is 0.454. The van der Waals surface area contributed by atoms with Crippen molar-refractivity contribution in [2.45, 2.75) is 13.3 Å². The van der Waals surface area contributed by atoms with Gasteiger partial charge in [-0.2, -0.15) is 5.10 Å². The van der Waals surface area contributed by atoms with Crippen LogP contribution in [0.3, 0.4) is 0 Å². The minimum absolute atomic E-state index is 0.427. The van der Waals surface area contributed by atoms with Crippen LogP contribution < -0.4 is 4.74 Å². The molecule has 16 heavy (non-hydrogen) atoms. The first kappa shape index (κ1) is 10.9. The van der Waals surface area contributed by atoms with Gasteiger partial charge < -0.3 is 4.74 Å². The molecule has 5 nitrogen and oxygen atoms in total. The maximum Gasteiger partial charge on any atom is 0.227 e. The molecule has 0 atom stereocenters. The van der Waals surface area contributed by atoms with E-state index in [1.54, 1.807) is 17.1 Å². The minimum atomic E-state index is 0.427. The first-order valence-corrected chi connectivity index (χ1v) is 5.24. The van der Waals surface area contributed by atoms with Gasteiger partial charge >= 0.3 is 0 Å². The van der Waals surface area contributed by atoms with Crippen molar-refractivity contribution in [1.82, 2.24) is 19.7 Å². The summed E-state index contributed by atoms with van der Waals surface area (Å²) in [5.41, 5.74) is 0.799. The van der Waals surface area contributed by atoms with E-state index in [1.165, 1.54) is 6.33 Å².